The molecular formula is C26H28N4O. The Morgan fingerprint density at radius 2 is 1.74 bits per heavy atom. The molecule has 0 bridgehead atoms. The van der Waals surface area contributed by atoms with Crippen LogP contribution >= 0.6 is 0 Å². The molecule has 0 radical (unpaired) electrons. The van der Waals surface area contributed by atoms with Crippen molar-refractivity contribution < 1.29 is 4.79 Å². The molecule has 4 aromatic rings. The van der Waals surface area contributed by atoms with E-state index >= 15 is 0 Å². The second kappa shape index (κ2) is 8.34. The van der Waals surface area contributed by atoms with Crippen molar-refractivity contribution in [1.29, 1.82) is 0 Å². The topological polar surface area (TPSA) is 63.9 Å². The van der Waals surface area contributed by atoms with Crippen molar-refractivity contribution in [2.75, 3.05) is 19.6 Å². The van der Waals surface area contributed by atoms with Crippen molar-refractivity contribution in [3.8, 4) is 11.1 Å². The first kappa shape index (κ1) is 19.5. The minimum Gasteiger partial charge on any atom is -0.391 e. The lowest BCUT2D eigenvalue weighted by Crippen LogP contribution is -2.40. The molecule has 5 nitrogen and oxygen atoms in total. The summed E-state index contributed by atoms with van der Waals surface area (Å²) in [6.07, 6.45) is 10.2. The van der Waals surface area contributed by atoms with Crippen molar-refractivity contribution in [1.82, 2.24) is 20.2 Å². The normalized spacial score (nSPS) is 15.3. The van der Waals surface area contributed by atoms with Crippen LogP contribution in [0.1, 0.15) is 30.1 Å². The zero-order valence-corrected chi connectivity index (χ0v) is 17.8. The maximum Gasteiger partial charge on any atom is 0.253 e. The van der Waals surface area contributed by atoms with Crippen LogP contribution in [0.3, 0.4) is 0 Å². The first-order valence-corrected chi connectivity index (χ1v) is 11.1. The van der Waals surface area contributed by atoms with Crippen LogP contribution in [0.4, 0.5) is 0 Å². The number of piperidine rings is 1. The summed E-state index contributed by atoms with van der Waals surface area (Å²) in [5.74, 6) is 0.759. The fourth-order valence-electron chi connectivity index (χ4n) is 4.65. The molecule has 1 amide bonds. The summed E-state index contributed by atoms with van der Waals surface area (Å²) in [5.41, 5.74) is 5.21. The van der Waals surface area contributed by atoms with E-state index in [0.717, 1.165) is 60.0 Å². The van der Waals surface area contributed by atoms with Gasteiger partial charge in [0.25, 0.3) is 5.91 Å². The molecule has 1 aliphatic rings. The molecule has 1 fully saturated rings. The number of nitrogens with one attached hydrogen (secondary N) is 3. The van der Waals surface area contributed by atoms with Gasteiger partial charge in [-0.15, -0.1) is 0 Å². The Labute approximate surface area is 182 Å². The molecule has 2 aromatic carbocycles. The Bertz CT molecular complexity index is 1240. The number of carbonyl (C=O) groups excluding carboxylic acids is 1. The SMILES string of the molecule is C/C=C\NCC1CCN(C(=O)c2ccc3c(-c4c[nH]c5ccccc45)c[nH]c3c2)CC1. The third-order valence-corrected chi connectivity index (χ3v) is 6.40. The molecule has 158 valence electrons. The molecule has 0 spiro atoms. The number of carbonyl (C=O) groups is 1. The largest absolute Gasteiger partial charge is 0.391 e. The summed E-state index contributed by atoms with van der Waals surface area (Å²) < 4.78 is 0. The quantitative estimate of drug-likeness (QED) is 0.417. The molecule has 0 atom stereocenters. The van der Waals surface area contributed by atoms with E-state index in [4.69, 9.17) is 0 Å². The molecule has 0 aliphatic carbocycles. The molecule has 1 saturated heterocycles. The van der Waals surface area contributed by atoms with Crippen LogP contribution < -0.4 is 5.32 Å². The molecule has 31 heavy (non-hydrogen) atoms. The van der Waals surface area contributed by atoms with Crippen molar-refractivity contribution in [2.24, 2.45) is 5.92 Å². The van der Waals surface area contributed by atoms with Crippen LogP contribution in [0.15, 0.2) is 67.1 Å². The van der Waals surface area contributed by atoms with Gasteiger partial charge in [-0.05, 0) is 50.1 Å². The van der Waals surface area contributed by atoms with E-state index < -0.39 is 0 Å². The highest BCUT2D eigenvalue weighted by atomic mass is 16.2. The van der Waals surface area contributed by atoms with E-state index in [-0.39, 0.29) is 5.91 Å². The standard InChI is InChI=1S/C26H28N4O/c1-2-11-27-15-18-9-12-30(13-10-18)26(31)19-7-8-21-23(17-29-25(21)14-19)22-16-28-24-6-4-3-5-20(22)24/h2-8,11,14,16-18,27-29H,9-10,12-13,15H2,1H3/b11-2-. The minimum absolute atomic E-state index is 0.130. The molecule has 1 aliphatic heterocycles. The number of allylic oxidation sites excluding steroid dienone is 1. The molecule has 0 unspecified atom stereocenters. The number of amides is 1. The number of hydrogen-bond acceptors (Lipinski definition) is 2. The smallest absolute Gasteiger partial charge is 0.253 e. The van der Waals surface area contributed by atoms with Crippen molar-refractivity contribution in [3.63, 3.8) is 0 Å². The number of H-pyrrole nitrogens is 2. The van der Waals surface area contributed by atoms with E-state index in [1.54, 1.807) is 0 Å². The number of hydrogen-bond donors (Lipinski definition) is 3. The fourth-order valence-corrected chi connectivity index (χ4v) is 4.65. The van der Waals surface area contributed by atoms with E-state index in [9.17, 15) is 4.79 Å². The predicted molar refractivity (Wildman–Crippen MR) is 127 cm³/mol. The first-order valence-electron chi connectivity index (χ1n) is 11.1. The van der Waals surface area contributed by atoms with Crippen LogP contribution in [0.5, 0.6) is 0 Å². The van der Waals surface area contributed by atoms with Crippen molar-refractivity contribution >= 4 is 27.7 Å². The summed E-state index contributed by atoms with van der Waals surface area (Å²) in [7, 11) is 0. The van der Waals surface area contributed by atoms with Gasteiger partial charge in [-0.3, -0.25) is 4.79 Å². The Kier molecular flexibility index (Phi) is 5.24. The highest BCUT2D eigenvalue weighted by Gasteiger charge is 2.24. The molecular weight excluding hydrogens is 384 g/mol. The number of nitrogens with zero attached hydrogens (tertiary/aromatic N) is 1. The lowest BCUT2D eigenvalue weighted by Gasteiger charge is -2.32. The Morgan fingerprint density at radius 3 is 2.52 bits per heavy atom. The number of likely N-dealkylation sites (tertiary alicyclic amines) is 1. The van der Waals surface area contributed by atoms with Crippen LogP contribution in [0.25, 0.3) is 32.9 Å². The lowest BCUT2D eigenvalue weighted by atomic mass is 9.96. The number of aromatic amines is 2. The lowest BCUT2D eigenvalue weighted by molar-refractivity contribution is 0.0691. The van der Waals surface area contributed by atoms with Gasteiger partial charge < -0.3 is 20.2 Å². The average Bonchev–Trinajstić information content (AvgIpc) is 3.42. The number of para-hydroxylation sites is 1. The van der Waals surface area contributed by atoms with Gasteiger partial charge in [0.1, 0.15) is 0 Å². The number of benzene rings is 2. The van der Waals surface area contributed by atoms with E-state index in [1.165, 1.54) is 10.9 Å². The Balaban J connectivity index is 1.34. The zero-order chi connectivity index (χ0) is 21.2. The molecule has 5 heteroatoms. The van der Waals surface area contributed by atoms with Crippen LogP contribution in [0, 0.1) is 5.92 Å². The summed E-state index contributed by atoms with van der Waals surface area (Å²) in [5, 5.41) is 5.67. The van der Waals surface area contributed by atoms with E-state index in [1.807, 2.05) is 48.5 Å². The number of rotatable bonds is 5. The third kappa shape index (κ3) is 3.72. The average molecular weight is 413 g/mol. The third-order valence-electron chi connectivity index (χ3n) is 6.40. The monoisotopic (exact) mass is 412 g/mol. The van der Waals surface area contributed by atoms with Crippen LogP contribution in [-0.2, 0) is 0 Å². The van der Waals surface area contributed by atoms with Crippen LogP contribution in [0.2, 0.25) is 0 Å². The first-order chi connectivity index (χ1) is 15.2. The van der Waals surface area contributed by atoms with Gasteiger partial charge >= 0.3 is 0 Å². The summed E-state index contributed by atoms with van der Waals surface area (Å²) in [4.78, 5) is 21.8. The minimum atomic E-state index is 0.130. The van der Waals surface area contributed by atoms with Gasteiger partial charge in [-0.1, -0.05) is 30.3 Å². The van der Waals surface area contributed by atoms with Gasteiger partial charge in [0.05, 0.1) is 0 Å². The molecule has 2 aromatic heterocycles. The Hall–Kier alpha value is -3.47. The zero-order valence-electron chi connectivity index (χ0n) is 17.8. The van der Waals surface area contributed by atoms with E-state index in [2.05, 4.69) is 45.7 Å². The van der Waals surface area contributed by atoms with Gasteiger partial charge in [-0.25, -0.2) is 0 Å². The highest BCUT2D eigenvalue weighted by molar-refractivity contribution is 6.06. The van der Waals surface area contributed by atoms with Gasteiger partial charge in [0.2, 0.25) is 0 Å². The molecule has 3 heterocycles. The van der Waals surface area contributed by atoms with Crippen LogP contribution in [-0.4, -0.2) is 40.4 Å². The summed E-state index contributed by atoms with van der Waals surface area (Å²) in [6.45, 7) is 4.64. The maximum absolute atomic E-state index is 13.1. The number of fused-ring (bicyclic) bond motifs is 2. The summed E-state index contributed by atoms with van der Waals surface area (Å²) >= 11 is 0. The highest BCUT2D eigenvalue weighted by Crippen LogP contribution is 2.34. The van der Waals surface area contributed by atoms with Crippen molar-refractivity contribution in [3.05, 3.63) is 72.7 Å². The predicted octanol–water partition coefficient (Wildman–Crippen LogP) is 5.29. The second-order valence-electron chi connectivity index (χ2n) is 8.35. The second-order valence-corrected chi connectivity index (χ2v) is 8.35. The van der Waals surface area contributed by atoms with Gasteiger partial charge in [0.15, 0.2) is 0 Å². The molecule has 3 N–H and O–H groups in total. The van der Waals surface area contributed by atoms with Gasteiger partial charge in [-0.2, -0.15) is 0 Å². The van der Waals surface area contributed by atoms with Crippen molar-refractivity contribution in [2.45, 2.75) is 19.8 Å². The van der Waals surface area contributed by atoms with Gasteiger partial charge in [0, 0.05) is 70.5 Å². The molecule has 0 saturated carbocycles. The fraction of sp³-hybridized carbons (Fsp3) is 0.269. The maximum atomic E-state index is 13.1. The number of aromatic nitrogens is 2. The molecule has 5 rings (SSSR count). The Morgan fingerprint density at radius 1 is 1.03 bits per heavy atom. The van der Waals surface area contributed by atoms with E-state index in [0.29, 0.717) is 5.92 Å². The summed E-state index contributed by atoms with van der Waals surface area (Å²) in [6, 6.07) is 14.4.